The van der Waals surface area contributed by atoms with Gasteiger partial charge in [0.05, 0.1) is 0 Å². The van der Waals surface area contributed by atoms with Crippen LogP contribution >= 0.6 is 19.2 Å². The maximum absolute atomic E-state index is 12.9. The molecule has 0 aromatic rings. The van der Waals surface area contributed by atoms with Crippen molar-refractivity contribution in [3.05, 3.63) is 10.6 Å². The topological polar surface area (TPSA) is 35.5 Å². The van der Waals surface area contributed by atoms with E-state index < -0.39 is 24.4 Å². The van der Waals surface area contributed by atoms with Crippen molar-refractivity contribution >= 4 is 19.2 Å². The van der Waals surface area contributed by atoms with Crippen LogP contribution < -0.4 is 0 Å². The second-order valence-corrected chi connectivity index (χ2v) is 4.46. The molecule has 0 heterocycles. The summed E-state index contributed by atoms with van der Waals surface area (Å²) in [6.45, 7) is 0. The van der Waals surface area contributed by atoms with Crippen molar-refractivity contribution < 1.29 is 31.2 Å². The summed E-state index contributed by atoms with van der Waals surface area (Å²) in [6.07, 6.45) is -5.13. The van der Waals surface area contributed by atoms with Crippen molar-refractivity contribution in [3.63, 3.8) is 0 Å². The van der Waals surface area contributed by atoms with Crippen LogP contribution in [0.25, 0.3) is 0 Å². The molecule has 3 nitrogen and oxygen atoms in total. The van der Waals surface area contributed by atoms with Gasteiger partial charge in [0.25, 0.3) is 0 Å². The minimum atomic E-state index is -5.13. The molecule has 0 rings (SSSR count). The highest BCUT2D eigenvalue weighted by Gasteiger charge is 2.43. The van der Waals surface area contributed by atoms with E-state index in [0.717, 1.165) is 14.2 Å². The van der Waals surface area contributed by atoms with Gasteiger partial charge in [0.1, 0.15) is 0 Å². The van der Waals surface area contributed by atoms with E-state index in [2.05, 4.69) is 20.6 Å². The van der Waals surface area contributed by atoms with E-state index in [-0.39, 0.29) is 0 Å². The molecule has 0 amide bonds. The molecular formula is C5H6ClF4O3P. The molecule has 0 N–H and O–H groups in total. The Bertz CT molecular complexity index is 279. The molecule has 0 saturated heterocycles. The van der Waals surface area contributed by atoms with E-state index in [9.17, 15) is 22.1 Å². The first-order valence-electron chi connectivity index (χ1n) is 3.03. The zero-order valence-electron chi connectivity index (χ0n) is 7.06. The van der Waals surface area contributed by atoms with Crippen LogP contribution in [-0.4, -0.2) is 20.4 Å². The average Bonchev–Trinajstić information content (AvgIpc) is 2.12. The predicted octanol–water partition coefficient (Wildman–Crippen LogP) is 3.41. The summed E-state index contributed by atoms with van der Waals surface area (Å²) in [5.41, 5.74) is -2.16. The zero-order valence-corrected chi connectivity index (χ0v) is 8.71. The molecule has 0 spiro atoms. The summed E-state index contributed by atoms with van der Waals surface area (Å²) in [5.74, 6) is 0. The van der Waals surface area contributed by atoms with Crippen molar-refractivity contribution in [2.75, 3.05) is 14.2 Å². The van der Waals surface area contributed by atoms with Crippen molar-refractivity contribution in [1.29, 1.82) is 0 Å². The van der Waals surface area contributed by atoms with Gasteiger partial charge in [0, 0.05) is 14.2 Å². The smallest absolute Gasteiger partial charge is 0.307 e. The van der Waals surface area contributed by atoms with Crippen LogP contribution in [0.2, 0.25) is 0 Å². The molecular weight excluding hydrogens is 250 g/mol. The van der Waals surface area contributed by atoms with E-state index >= 15 is 0 Å². The molecule has 0 fully saturated rings. The molecule has 0 aliphatic rings. The highest BCUT2D eigenvalue weighted by Crippen LogP contribution is 2.58. The first kappa shape index (κ1) is 13.9. The molecule has 0 unspecified atom stereocenters. The van der Waals surface area contributed by atoms with Crippen molar-refractivity contribution in [2.45, 2.75) is 6.18 Å². The van der Waals surface area contributed by atoms with E-state index in [1.165, 1.54) is 0 Å². The Kier molecular flexibility index (Phi) is 4.58. The number of hydrogen-bond donors (Lipinski definition) is 0. The van der Waals surface area contributed by atoms with Gasteiger partial charge < -0.3 is 9.05 Å². The van der Waals surface area contributed by atoms with Gasteiger partial charge in [-0.3, -0.25) is 4.57 Å². The Balaban J connectivity index is 5.29. The number of hydrogen-bond acceptors (Lipinski definition) is 3. The Morgan fingerprint density at radius 2 is 1.64 bits per heavy atom. The lowest BCUT2D eigenvalue weighted by Gasteiger charge is -2.13. The van der Waals surface area contributed by atoms with Gasteiger partial charge in [-0.25, -0.2) is 0 Å². The highest BCUT2D eigenvalue weighted by atomic mass is 35.5. The van der Waals surface area contributed by atoms with Crippen molar-refractivity contribution in [2.24, 2.45) is 0 Å². The number of rotatable bonds is 3. The Hall–Kier alpha value is -0.100. The van der Waals surface area contributed by atoms with Crippen LogP contribution in [0.3, 0.4) is 0 Å². The largest absolute Gasteiger partial charge is 0.430 e. The zero-order chi connectivity index (χ0) is 11.6. The minimum Gasteiger partial charge on any atom is -0.307 e. The maximum Gasteiger partial charge on any atom is 0.430 e. The fourth-order valence-electron chi connectivity index (χ4n) is 0.472. The average molecular weight is 257 g/mol. The van der Waals surface area contributed by atoms with Gasteiger partial charge in [-0.15, -0.1) is 0 Å². The summed E-state index contributed by atoms with van der Waals surface area (Å²) >= 11 is 4.60. The first-order chi connectivity index (χ1) is 6.19. The second-order valence-electron chi connectivity index (χ2n) is 1.97. The van der Waals surface area contributed by atoms with Gasteiger partial charge in [-0.05, 0) is 0 Å². The van der Waals surface area contributed by atoms with E-state index in [0.29, 0.717) is 0 Å². The fraction of sp³-hybridized carbons (Fsp3) is 0.600. The summed E-state index contributed by atoms with van der Waals surface area (Å²) in [6, 6.07) is 0. The molecule has 14 heavy (non-hydrogen) atoms. The molecule has 0 aromatic heterocycles. The van der Waals surface area contributed by atoms with Gasteiger partial charge in [0.15, 0.2) is 5.03 Å². The van der Waals surface area contributed by atoms with Crippen LogP contribution in [0, 0.1) is 0 Å². The Morgan fingerprint density at radius 3 is 1.86 bits per heavy atom. The first-order valence-corrected chi connectivity index (χ1v) is 4.95. The third-order valence-corrected chi connectivity index (χ3v) is 3.33. The number of halogens is 5. The second kappa shape index (κ2) is 4.61. The number of allylic oxidation sites excluding steroid dienone is 1. The van der Waals surface area contributed by atoms with Crippen LogP contribution in [0.4, 0.5) is 17.6 Å². The van der Waals surface area contributed by atoms with Gasteiger partial charge in [0.2, 0.25) is 5.57 Å². The summed E-state index contributed by atoms with van der Waals surface area (Å²) in [5, 5.41) is -2.15. The predicted molar refractivity (Wildman–Crippen MR) is 41.7 cm³/mol. The van der Waals surface area contributed by atoms with Crippen molar-refractivity contribution in [1.82, 2.24) is 0 Å². The number of alkyl halides is 3. The summed E-state index contributed by atoms with van der Waals surface area (Å²) in [7, 11) is -3.08. The van der Waals surface area contributed by atoms with Gasteiger partial charge in [-0.2, -0.15) is 17.6 Å². The molecule has 0 atom stereocenters. The lowest BCUT2D eigenvalue weighted by atomic mass is 10.6. The molecule has 0 bridgehead atoms. The molecule has 0 saturated carbocycles. The molecule has 9 heteroatoms. The SMILES string of the molecule is COP(=O)(OC)/C(F)=C(/Cl)C(F)(F)F. The third kappa shape index (κ3) is 2.95. The summed E-state index contributed by atoms with van der Waals surface area (Å²) < 4.78 is 67.4. The monoisotopic (exact) mass is 256 g/mol. The van der Waals surface area contributed by atoms with Crippen molar-refractivity contribution in [3.8, 4) is 0 Å². The van der Waals surface area contributed by atoms with E-state index in [4.69, 9.17) is 0 Å². The van der Waals surface area contributed by atoms with Crippen LogP contribution in [0.5, 0.6) is 0 Å². The molecule has 0 aliphatic heterocycles. The maximum atomic E-state index is 12.9. The lowest BCUT2D eigenvalue weighted by molar-refractivity contribution is -0.0859. The lowest BCUT2D eigenvalue weighted by Crippen LogP contribution is -2.09. The molecule has 0 radical (unpaired) electrons. The van der Waals surface area contributed by atoms with E-state index in [1.54, 1.807) is 0 Å². The summed E-state index contributed by atoms with van der Waals surface area (Å²) in [4.78, 5) is 0. The quantitative estimate of drug-likeness (QED) is 0.573. The normalized spacial score (nSPS) is 15.4. The van der Waals surface area contributed by atoms with Crippen LogP contribution in [-0.2, 0) is 13.6 Å². The van der Waals surface area contributed by atoms with Gasteiger partial charge >= 0.3 is 13.8 Å². The molecule has 0 aromatic carbocycles. The van der Waals surface area contributed by atoms with Crippen LogP contribution in [0.15, 0.2) is 10.6 Å². The van der Waals surface area contributed by atoms with Crippen LogP contribution in [0.1, 0.15) is 0 Å². The fourth-order valence-corrected chi connectivity index (χ4v) is 1.62. The Morgan fingerprint density at radius 1 is 1.29 bits per heavy atom. The standard InChI is InChI=1S/C5H6ClF4O3P/c1-12-14(11,13-2)4(7)3(6)5(8,9)10/h1-2H3/b4-3+. The minimum absolute atomic E-state index is 0.740. The van der Waals surface area contributed by atoms with E-state index in [1.807, 2.05) is 0 Å². The molecule has 0 aliphatic carbocycles. The third-order valence-electron chi connectivity index (χ3n) is 1.15. The molecule has 84 valence electrons. The Labute approximate surface area is 82.2 Å². The van der Waals surface area contributed by atoms with Gasteiger partial charge in [-0.1, -0.05) is 11.6 Å². The highest BCUT2D eigenvalue weighted by molar-refractivity contribution is 7.58.